The minimum absolute atomic E-state index is 0. The van der Waals surface area contributed by atoms with Gasteiger partial charge in [0, 0.05) is 44.7 Å². The van der Waals surface area contributed by atoms with Gasteiger partial charge in [-0.3, -0.25) is 4.90 Å². The zero-order chi connectivity index (χ0) is 20.6. The first-order valence-corrected chi connectivity index (χ1v) is 12.7. The van der Waals surface area contributed by atoms with Crippen molar-refractivity contribution in [1.82, 2.24) is 4.90 Å². The summed E-state index contributed by atoms with van der Waals surface area (Å²) < 4.78 is 22.9. The molecule has 0 bridgehead atoms. The average molecular weight is 443 g/mol. The Labute approximate surface area is 184 Å². The lowest BCUT2D eigenvalue weighted by molar-refractivity contribution is 0.0970. The van der Waals surface area contributed by atoms with Crippen LogP contribution in [0.1, 0.15) is 58.4 Å². The lowest BCUT2D eigenvalue weighted by atomic mass is 9.60. The Kier molecular flexibility index (Phi) is 7.73. The van der Waals surface area contributed by atoms with Crippen LogP contribution in [0.5, 0.6) is 0 Å². The van der Waals surface area contributed by atoms with Gasteiger partial charge in [-0.2, -0.15) is 0 Å². The molecular weight excluding hydrogens is 404 g/mol. The van der Waals surface area contributed by atoms with Crippen LogP contribution in [0.3, 0.4) is 0 Å². The summed E-state index contributed by atoms with van der Waals surface area (Å²) in [4.78, 5) is 4.80. The van der Waals surface area contributed by atoms with Crippen LogP contribution in [-0.4, -0.2) is 58.1 Å². The molecule has 0 unspecified atom stereocenters. The Balaban J connectivity index is 0.00000300. The summed E-state index contributed by atoms with van der Waals surface area (Å²) >= 11 is 0. The lowest BCUT2D eigenvalue weighted by Gasteiger charge is -2.46. The van der Waals surface area contributed by atoms with E-state index in [0.717, 1.165) is 26.2 Å². The topological polar surface area (TPSA) is 40.6 Å². The first kappa shape index (κ1) is 24.5. The lowest BCUT2D eigenvalue weighted by Crippen LogP contribution is -2.48. The predicted octanol–water partition coefficient (Wildman–Crippen LogP) is 4.59. The van der Waals surface area contributed by atoms with Crippen LogP contribution in [0.4, 0.5) is 5.69 Å². The summed E-state index contributed by atoms with van der Waals surface area (Å²) in [7, 11) is -2.89. The number of sulfone groups is 1. The largest absolute Gasteiger partial charge is 0.369 e. The summed E-state index contributed by atoms with van der Waals surface area (Å²) in [5.74, 6) is 0.869. The number of piperazine rings is 1. The summed E-state index contributed by atoms with van der Waals surface area (Å²) in [5.41, 5.74) is 3.66. The molecular formula is C23H39ClN2O2S. The van der Waals surface area contributed by atoms with E-state index in [-0.39, 0.29) is 18.2 Å². The Bertz CT molecular complexity index is 768. The number of nitrogens with zero attached hydrogens (tertiary/aromatic N) is 2. The molecule has 0 radical (unpaired) electrons. The number of benzene rings is 1. The Hall–Kier alpha value is -0.780. The number of para-hydroxylation sites is 1. The molecule has 1 heterocycles. The van der Waals surface area contributed by atoms with E-state index in [1.54, 1.807) is 0 Å². The van der Waals surface area contributed by atoms with Crippen molar-refractivity contribution in [1.29, 1.82) is 0 Å². The minimum Gasteiger partial charge on any atom is -0.369 e. The number of rotatable bonds is 5. The molecule has 2 aliphatic rings. The highest BCUT2D eigenvalue weighted by atomic mass is 35.5. The molecule has 0 spiro atoms. The van der Waals surface area contributed by atoms with Gasteiger partial charge in [-0.25, -0.2) is 8.42 Å². The summed E-state index contributed by atoms with van der Waals surface area (Å²) in [5, 5.41) is 0. The maximum absolute atomic E-state index is 11.4. The van der Waals surface area contributed by atoms with Crippen molar-refractivity contribution in [3.8, 4) is 0 Å². The molecule has 2 fully saturated rings. The van der Waals surface area contributed by atoms with Crippen LogP contribution in [0.15, 0.2) is 24.3 Å². The van der Waals surface area contributed by atoms with Gasteiger partial charge in [-0.05, 0) is 47.6 Å². The molecule has 166 valence electrons. The van der Waals surface area contributed by atoms with E-state index in [1.165, 1.54) is 36.8 Å². The van der Waals surface area contributed by atoms with E-state index in [0.29, 0.717) is 23.3 Å². The molecule has 0 aromatic heterocycles. The molecule has 4 nitrogen and oxygen atoms in total. The maximum Gasteiger partial charge on any atom is 0.148 e. The van der Waals surface area contributed by atoms with Crippen molar-refractivity contribution < 1.29 is 8.42 Å². The van der Waals surface area contributed by atoms with Gasteiger partial charge in [0.25, 0.3) is 0 Å². The third kappa shape index (κ3) is 6.86. The maximum atomic E-state index is 11.4. The van der Waals surface area contributed by atoms with Crippen LogP contribution in [0.2, 0.25) is 0 Å². The van der Waals surface area contributed by atoms with Crippen molar-refractivity contribution >= 4 is 27.9 Å². The van der Waals surface area contributed by atoms with Gasteiger partial charge in [-0.15, -0.1) is 12.4 Å². The highest BCUT2D eigenvalue weighted by molar-refractivity contribution is 7.90. The number of anilines is 1. The van der Waals surface area contributed by atoms with Crippen molar-refractivity contribution in [2.75, 3.05) is 49.6 Å². The van der Waals surface area contributed by atoms with Crippen LogP contribution in [0, 0.1) is 10.8 Å². The molecule has 0 N–H and O–H groups in total. The van der Waals surface area contributed by atoms with E-state index in [9.17, 15) is 8.42 Å². The molecule has 1 aliphatic heterocycles. The summed E-state index contributed by atoms with van der Waals surface area (Å²) in [6, 6.07) is 8.98. The van der Waals surface area contributed by atoms with Gasteiger partial charge in [-0.1, -0.05) is 45.9 Å². The zero-order valence-corrected chi connectivity index (χ0v) is 20.4. The second-order valence-electron chi connectivity index (χ2n) is 10.6. The molecule has 0 atom stereocenters. The Morgan fingerprint density at radius 3 is 2.07 bits per heavy atom. The molecule has 1 aromatic carbocycles. The predicted molar refractivity (Wildman–Crippen MR) is 126 cm³/mol. The fraction of sp³-hybridized carbons (Fsp3) is 0.739. The molecule has 1 saturated carbocycles. The van der Waals surface area contributed by atoms with E-state index in [4.69, 9.17) is 0 Å². The van der Waals surface area contributed by atoms with Crippen LogP contribution < -0.4 is 4.90 Å². The fourth-order valence-electron chi connectivity index (χ4n) is 5.69. The molecule has 6 heteroatoms. The van der Waals surface area contributed by atoms with E-state index in [2.05, 4.69) is 61.8 Å². The van der Waals surface area contributed by atoms with Crippen LogP contribution in [0.25, 0.3) is 0 Å². The Morgan fingerprint density at radius 1 is 0.966 bits per heavy atom. The first-order chi connectivity index (χ1) is 12.9. The van der Waals surface area contributed by atoms with E-state index in [1.807, 2.05) is 0 Å². The standard InChI is InChI=1S/C23H38N2O2S.ClH/c1-22(2)16-19(17-23(3,4)18-22)20-8-6-7-9-21(20)25-12-10-24(11-13-25)14-15-28(5,26)27;/h6-9,19H,10-18H2,1-5H3;1H. The number of hydrogen-bond acceptors (Lipinski definition) is 4. The molecule has 1 aliphatic carbocycles. The normalized spacial score (nSPS) is 22.9. The zero-order valence-electron chi connectivity index (χ0n) is 18.8. The molecule has 0 amide bonds. The first-order valence-electron chi connectivity index (χ1n) is 10.7. The van der Waals surface area contributed by atoms with Crippen molar-refractivity contribution in [3.63, 3.8) is 0 Å². The monoisotopic (exact) mass is 442 g/mol. The Morgan fingerprint density at radius 2 is 1.52 bits per heavy atom. The van der Waals surface area contributed by atoms with Gasteiger partial charge < -0.3 is 4.90 Å². The minimum atomic E-state index is -2.89. The van der Waals surface area contributed by atoms with Crippen LogP contribution in [-0.2, 0) is 9.84 Å². The highest BCUT2D eigenvalue weighted by Crippen LogP contribution is 2.53. The third-order valence-electron chi connectivity index (χ3n) is 6.42. The highest BCUT2D eigenvalue weighted by Gasteiger charge is 2.39. The smallest absolute Gasteiger partial charge is 0.148 e. The van der Waals surface area contributed by atoms with Gasteiger partial charge >= 0.3 is 0 Å². The summed E-state index contributed by atoms with van der Waals surface area (Å²) in [6.45, 7) is 14.2. The van der Waals surface area contributed by atoms with Gasteiger partial charge in [0.1, 0.15) is 9.84 Å². The van der Waals surface area contributed by atoms with Crippen molar-refractivity contribution in [3.05, 3.63) is 29.8 Å². The van der Waals surface area contributed by atoms with Crippen molar-refractivity contribution in [2.24, 2.45) is 10.8 Å². The fourth-order valence-corrected chi connectivity index (χ4v) is 6.28. The number of hydrogen-bond donors (Lipinski definition) is 0. The molecule has 29 heavy (non-hydrogen) atoms. The average Bonchev–Trinajstić information content (AvgIpc) is 2.57. The molecule has 1 aromatic rings. The second kappa shape index (κ2) is 9.15. The third-order valence-corrected chi connectivity index (χ3v) is 7.35. The van der Waals surface area contributed by atoms with Crippen molar-refractivity contribution in [2.45, 2.75) is 52.9 Å². The van der Waals surface area contributed by atoms with Gasteiger partial charge in [0.15, 0.2) is 0 Å². The summed E-state index contributed by atoms with van der Waals surface area (Å²) in [6.07, 6.45) is 5.12. The van der Waals surface area contributed by atoms with E-state index < -0.39 is 9.84 Å². The SMILES string of the molecule is CC1(C)CC(c2ccccc2N2CCN(CCS(C)(=O)=O)CC2)CC(C)(C)C1.Cl. The van der Waals surface area contributed by atoms with E-state index >= 15 is 0 Å². The van der Waals surface area contributed by atoms with Crippen LogP contribution >= 0.6 is 12.4 Å². The molecule has 1 saturated heterocycles. The second-order valence-corrected chi connectivity index (χ2v) is 12.9. The molecule has 3 rings (SSSR count). The van der Waals surface area contributed by atoms with Gasteiger partial charge in [0.2, 0.25) is 0 Å². The number of halogens is 1. The van der Waals surface area contributed by atoms with Gasteiger partial charge in [0.05, 0.1) is 5.75 Å². The quantitative estimate of drug-likeness (QED) is 0.668.